The number of hydrogen-bond donors (Lipinski definition) is 2. The number of rotatable bonds is 5. The Bertz CT molecular complexity index is 576. The average Bonchev–Trinajstić information content (AvgIpc) is 2.99. The molecule has 2 heterocycles. The van der Waals surface area contributed by atoms with E-state index in [1.54, 1.807) is 14.2 Å². The fourth-order valence-electron chi connectivity index (χ4n) is 4.14. The number of hydrogen-bond acceptors (Lipinski definition) is 4. The summed E-state index contributed by atoms with van der Waals surface area (Å²) in [6, 6.07) is 7.80. The van der Waals surface area contributed by atoms with Crippen LogP contribution in [-0.2, 0) is 11.3 Å². The Labute approximate surface area is 162 Å². The van der Waals surface area contributed by atoms with Crippen molar-refractivity contribution in [3.63, 3.8) is 0 Å². The van der Waals surface area contributed by atoms with E-state index < -0.39 is 0 Å². The number of benzene rings is 1. The standard InChI is InChI=1S/C19H29N3O3.ClH/c1-24-13-16-12-22(14-19(16)7-9-20-10-8-19)18(23)21-11-15-3-5-17(25-2)6-4-15;/h3-6,16,20H,7-14H2,1-2H3,(H,21,23);1H. The van der Waals surface area contributed by atoms with Crippen LogP contribution in [0.4, 0.5) is 4.79 Å². The van der Waals surface area contributed by atoms with Gasteiger partial charge in [-0.05, 0) is 49.0 Å². The molecule has 7 heteroatoms. The van der Waals surface area contributed by atoms with Gasteiger partial charge in [0.25, 0.3) is 0 Å². The molecule has 2 amide bonds. The Hall–Kier alpha value is -1.50. The highest BCUT2D eigenvalue weighted by Crippen LogP contribution is 2.43. The average molecular weight is 384 g/mol. The molecule has 0 aromatic heterocycles. The van der Waals surface area contributed by atoms with Crippen LogP contribution in [0, 0.1) is 11.3 Å². The van der Waals surface area contributed by atoms with Gasteiger partial charge in [-0.1, -0.05) is 12.1 Å². The summed E-state index contributed by atoms with van der Waals surface area (Å²) in [6.07, 6.45) is 2.23. The summed E-state index contributed by atoms with van der Waals surface area (Å²) in [5.74, 6) is 1.25. The highest BCUT2D eigenvalue weighted by Gasteiger charge is 2.48. The first kappa shape index (κ1) is 20.8. The number of nitrogens with one attached hydrogen (secondary N) is 2. The van der Waals surface area contributed by atoms with Crippen molar-refractivity contribution in [3.8, 4) is 5.75 Å². The Balaban J connectivity index is 0.00000243. The molecule has 3 rings (SSSR count). The molecule has 146 valence electrons. The van der Waals surface area contributed by atoms with E-state index in [1.807, 2.05) is 29.2 Å². The molecule has 0 aliphatic carbocycles. The van der Waals surface area contributed by atoms with Crippen molar-refractivity contribution >= 4 is 18.4 Å². The van der Waals surface area contributed by atoms with Gasteiger partial charge in [-0.25, -0.2) is 4.79 Å². The third kappa shape index (κ3) is 4.61. The van der Waals surface area contributed by atoms with Crippen molar-refractivity contribution in [2.45, 2.75) is 19.4 Å². The first-order valence-corrected chi connectivity index (χ1v) is 9.02. The monoisotopic (exact) mass is 383 g/mol. The Morgan fingerprint density at radius 1 is 1.27 bits per heavy atom. The minimum absolute atomic E-state index is 0. The molecule has 1 aromatic rings. The molecule has 1 unspecified atom stereocenters. The van der Waals surface area contributed by atoms with Crippen molar-refractivity contribution in [1.82, 2.24) is 15.5 Å². The van der Waals surface area contributed by atoms with Crippen LogP contribution < -0.4 is 15.4 Å². The molecule has 26 heavy (non-hydrogen) atoms. The number of halogens is 1. The van der Waals surface area contributed by atoms with Gasteiger partial charge in [0.1, 0.15) is 5.75 Å². The largest absolute Gasteiger partial charge is 0.497 e. The number of carbonyl (C=O) groups is 1. The number of nitrogens with zero attached hydrogens (tertiary/aromatic N) is 1. The molecule has 0 bridgehead atoms. The fourth-order valence-corrected chi connectivity index (χ4v) is 4.14. The lowest BCUT2D eigenvalue weighted by Gasteiger charge is -2.38. The molecule has 2 fully saturated rings. The van der Waals surface area contributed by atoms with Crippen LogP contribution in [0.15, 0.2) is 24.3 Å². The lowest BCUT2D eigenvalue weighted by Crippen LogP contribution is -2.44. The number of amides is 2. The minimum Gasteiger partial charge on any atom is -0.497 e. The molecule has 6 nitrogen and oxygen atoms in total. The number of carbonyl (C=O) groups excluding carboxylic acids is 1. The van der Waals surface area contributed by atoms with E-state index in [1.165, 1.54) is 0 Å². The maximum absolute atomic E-state index is 12.7. The predicted octanol–water partition coefficient (Wildman–Crippen LogP) is 2.27. The van der Waals surface area contributed by atoms with Crippen molar-refractivity contribution in [3.05, 3.63) is 29.8 Å². The zero-order valence-electron chi connectivity index (χ0n) is 15.6. The van der Waals surface area contributed by atoms with Crippen LogP contribution in [0.25, 0.3) is 0 Å². The molecule has 1 atom stereocenters. The van der Waals surface area contributed by atoms with Gasteiger partial charge < -0.3 is 25.0 Å². The van der Waals surface area contributed by atoms with E-state index in [0.29, 0.717) is 12.5 Å². The van der Waals surface area contributed by atoms with Gasteiger partial charge in [-0.2, -0.15) is 0 Å². The molecular formula is C19H30ClN3O3. The van der Waals surface area contributed by atoms with Crippen molar-refractivity contribution in [1.29, 1.82) is 0 Å². The summed E-state index contributed by atoms with van der Waals surface area (Å²) in [7, 11) is 3.40. The second-order valence-electron chi connectivity index (χ2n) is 7.15. The third-order valence-electron chi connectivity index (χ3n) is 5.67. The zero-order valence-corrected chi connectivity index (χ0v) is 16.4. The van der Waals surface area contributed by atoms with Gasteiger partial charge in [0, 0.05) is 32.7 Å². The van der Waals surface area contributed by atoms with Gasteiger partial charge in [-0.15, -0.1) is 12.4 Å². The minimum atomic E-state index is 0. The quantitative estimate of drug-likeness (QED) is 0.818. The van der Waals surface area contributed by atoms with Crippen molar-refractivity contribution in [2.75, 3.05) is 47.0 Å². The number of ether oxygens (including phenoxy) is 2. The molecule has 0 radical (unpaired) electrons. The van der Waals surface area contributed by atoms with Crippen LogP contribution >= 0.6 is 12.4 Å². The van der Waals surface area contributed by atoms with Gasteiger partial charge in [0.15, 0.2) is 0 Å². The summed E-state index contributed by atoms with van der Waals surface area (Å²) in [5, 5.41) is 6.48. The number of urea groups is 1. The smallest absolute Gasteiger partial charge is 0.317 e. The topological polar surface area (TPSA) is 62.8 Å². The summed E-state index contributed by atoms with van der Waals surface area (Å²) in [4.78, 5) is 14.6. The maximum atomic E-state index is 12.7. The number of likely N-dealkylation sites (tertiary alicyclic amines) is 1. The second-order valence-corrected chi connectivity index (χ2v) is 7.15. The van der Waals surface area contributed by atoms with Crippen LogP contribution in [0.2, 0.25) is 0 Å². The Morgan fingerprint density at radius 2 is 1.96 bits per heavy atom. The molecule has 2 aliphatic rings. The van der Waals surface area contributed by atoms with Crippen LogP contribution in [-0.4, -0.2) is 57.9 Å². The summed E-state index contributed by atoms with van der Waals surface area (Å²) < 4.78 is 10.6. The van der Waals surface area contributed by atoms with Crippen LogP contribution in [0.3, 0.4) is 0 Å². The van der Waals surface area contributed by atoms with E-state index in [2.05, 4.69) is 10.6 Å². The van der Waals surface area contributed by atoms with E-state index in [9.17, 15) is 4.79 Å². The Kier molecular flexibility index (Phi) is 7.55. The molecule has 2 N–H and O–H groups in total. The first-order chi connectivity index (χ1) is 12.2. The molecule has 0 saturated carbocycles. The highest BCUT2D eigenvalue weighted by molar-refractivity contribution is 5.85. The van der Waals surface area contributed by atoms with E-state index in [4.69, 9.17) is 9.47 Å². The Morgan fingerprint density at radius 3 is 2.58 bits per heavy atom. The molecule has 2 aliphatic heterocycles. The lowest BCUT2D eigenvalue weighted by atomic mass is 9.71. The maximum Gasteiger partial charge on any atom is 0.317 e. The van der Waals surface area contributed by atoms with E-state index in [0.717, 1.165) is 56.9 Å². The molecule has 2 saturated heterocycles. The summed E-state index contributed by atoms with van der Waals surface area (Å²) in [5.41, 5.74) is 1.27. The molecule has 1 aromatic carbocycles. The highest BCUT2D eigenvalue weighted by atomic mass is 35.5. The van der Waals surface area contributed by atoms with Gasteiger partial charge in [0.2, 0.25) is 0 Å². The fraction of sp³-hybridized carbons (Fsp3) is 0.632. The summed E-state index contributed by atoms with van der Waals surface area (Å²) in [6.45, 7) is 4.92. The van der Waals surface area contributed by atoms with E-state index >= 15 is 0 Å². The zero-order chi connectivity index (χ0) is 17.7. The van der Waals surface area contributed by atoms with Gasteiger partial charge >= 0.3 is 6.03 Å². The number of piperidine rings is 1. The SMILES string of the molecule is COCC1CN(C(=O)NCc2ccc(OC)cc2)CC12CCNCC2.Cl. The van der Waals surface area contributed by atoms with Gasteiger partial charge in [0.05, 0.1) is 13.7 Å². The third-order valence-corrected chi connectivity index (χ3v) is 5.67. The van der Waals surface area contributed by atoms with E-state index in [-0.39, 0.29) is 23.9 Å². The number of methoxy groups -OCH3 is 2. The van der Waals surface area contributed by atoms with Crippen molar-refractivity contribution < 1.29 is 14.3 Å². The molecule has 1 spiro atoms. The van der Waals surface area contributed by atoms with Crippen LogP contribution in [0.5, 0.6) is 5.75 Å². The summed E-state index contributed by atoms with van der Waals surface area (Å²) >= 11 is 0. The van der Waals surface area contributed by atoms with Crippen LogP contribution in [0.1, 0.15) is 18.4 Å². The predicted molar refractivity (Wildman–Crippen MR) is 104 cm³/mol. The normalized spacial score (nSPS) is 21.3. The van der Waals surface area contributed by atoms with Crippen molar-refractivity contribution in [2.24, 2.45) is 11.3 Å². The van der Waals surface area contributed by atoms with Gasteiger partial charge in [-0.3, -0.25) is 0 Å². The lowest BCUT2D eigenvalue weighted by molar-refractivity contribution is 0.0717. The second kappa shape index (κ2) is 9.44. The molecular weight excluding hydrogens is 354 g/mol. The first-order valence-electron chi connectivity index (χ1n) is 9.02.